The van der Waals surface area contributed by atoms with Gasteiger partial charge in [0.25, 0.3) is 0 Å². The van der Waals surface area contributed by atoms with Gasteiger partial charge in [0.05, 0.1) is 0 Å². The van der Waals surface area contributed by atoms with Gasteiger partial charge in [-0.05, 0) is 29.8 Å². The van der Waals surface area contributed by atoms with Crippen molar-refractivity contribution in [3.63, 3.8) is 0 Å². The second-order valence-corrected chi connectivity index (χ2v) is 6.13. The number of pyridine rings is 1. The topological polar surface area (TPSA) is 98.9 Å². The molecule has 0 bridgehead atoms. The van der Waals surface area contributed by atoms with Crippen molar-refractivity contribution in [1.82, 2.24) is 19.4 Å². The molecular weight excluding hydrogens is 336 g/mol. The number of aryl methyl sites for hydroxylation is 1. The maximum absolute atomic E-state index is 9.10. The molecule has 0 spiro atoms. The lowest BCUT2D eigenvalue weighted by atomic mass is 10.2. The highest BCUT2D eigenvalue weighted by molar-refractivity contribution is 6.27. The molecule has 1 aliphatic heterocycles. The van der Waals surface area contributed by atoms with E-state index in [1.165, 1.54) is 11.3 Å². The number of carbonyl (C=O) groups is 2. The Labute approximate surface area is 152 Å². The van der Waals surface area contributed by atoms with Crippen LogP contribution in [0.15, 0.2) is 42.9 Å². The number of carboxylic acid groups (broad SMARTS) is 2. The zero-order chi connectivity index (χ0) is 18.9. The van der Waals surface area contributed by atoms with Gasteiger partial charge < -0.3 is 14.8 Å². The Hall–Kier alpha value is -2.71. The average molecular weight is 360 g/mol. The van der Waals surface area contributed by atoms with E-state index in [4.69, 9.17) is 19.8 Å². The maximum atomic E-state index is 9.10. The minimum Gasteiger partial charge on any atom is -0.473 e. The first-order valence-electron chi connectivity index (χ1n) is 8.35. The molecule has 140 valence electrons. The van der Waals surface area contributed by atoms with E-state index in [1.807, 2.05) is 12.4 Å². The van der Waals surface area contributed by atoms with Crippen molar-refractivity contribution in [3.05, 3.63) is 54.1 Å². The monoisotopic (exact) mass is 360 g/mol. The minimum absolute atomic E-state index is 1.04. The van der Waals surface area contributed by atoms with Crippen LogP contribution < -0.4 is 0 Å². The van der Waals surface area contributed by atoms with Crippen LogP contribution in [0.2, 0.25) is 0 Å². The normalized spacial score (nSPS) is 15.1. The minimum atomic E-state index is -1.82. The van der Waals surface area contributed by atoms with Crippen molar-refractivity contribution in [2.75, 3.05) is 26.2 Å². The smallest absolute Gasteiger partial charge is 0.414 e. The molecule has 2 aromatic heterocycles. The predicted molar refractivity (Wildman–Crippen MR) is 95.5 cm³/mol. The first-order chi connectivity index (χ1) is 12.5. The van der Waals surface area contributed by atoms with Gasteiger partial charge in [-0.1, -0.05) is 0 Å². The average Bonchev–Trinajstić information content (AvgIpc) is 3.03. The molecule has 8 nitrogen and oxygen atoms in total. The predicted octanol–water partition coefficient (Wildman–Crippen LogP) is 0.894. The third-order valence-corrected chi connectivity index (χ3v) is 4.24. The molecule has 0 saturated carbocycles. The van der Waals surface area contributed by atoms with E-state index in [9.17, 15) is 0 Å². The summed E-state index contributed by atoms with van der Waals surface area (Å²) in [6, 6.07) is 8.55. The molecule has 0 unspecified atom stereocenters. The second-order valence-electron chi connectivity index (χ2n) is 6.13. The Balaban J connectivity index is 0.000000352. The summed E-state index contributed by atoms with van der Waals surface area (Å²) in [6.45, 7) is 6.69. The summed E-state index contributed by atoms with van der Waals surface area (Å²) >= 11 is 0. The van der Waals surface area contributed by atoms with E-state index in [-0.39, 0.29) is 0 Å². The lowest BCUT2D eigenvalue weighted by molar-refractivity contribution is -0.159. The molecule has 8 heteroatoms. The van der Waals surface area contributed by atoms with E-state index in [0.29, 0.717) is 0 Å². The molecule has 0 atom stereocenters. The molecule has 0 amide bonds. The van der Waals surface area contributed by atoms with Gasteiger partial charge in [0, 0.05) is 70.6 Å². The molecule has 0 aliphatic carbocycles. The number of carboxylic acids is 2. The SMILES string of the molecule is Cn1cccc1CN1CCN(Cc2ccncc2)CC1.O=C(O)C(=O)O. The van der Waals surface area contributed by atoms with Gasteiger partial charge in [0.1, 0.15) is 0 Å². The van der Waals surface area contributed by atoms with Gasteiger partial charge in [-0.2, -0.15) is 0 Å². The fourth-order valence-corrected chi connectivity index (χ4v) is 2.74. The number of piperazine rings is 1. The number of aliphatic carboxylic acids is 2. The van der Waals surface area contributed by atoms with Gasteiger partial charge in [0.2, 0.25) is 0 Å². The second kappa shape index (κ2) is 9.69. The van der Waals surface area contributed by atoms with Crippen LogP contribution in [0.3, 0.4) is 0 Å². The van der Waals surface area contributed by atoms with Crippen molar-refractivity contribution in [2.45, 2.75) is 13.1 Å². The highest BCUT2D eigenvalue weighted by Gasteiger charge is 2.17. The molecule has 1 fully saturated rings. The summed E-state index contributed by atoms with van der Waals surface area (Å²) in [4.78, 5) is 27.3. The molecule has 1 saturated heterocycles. The molecule has 0 aromatic carbocycles. The van der Waals surface area contributed by atoms with Gasteiger partial charge in [-0.25, -0.2) is 9.59 Å². The first kappa shape index (κ1) is 19.6. The molecule has 0 radical (unpaired) electrons. The lowest BCUT2D eigenvalue weighted by Gasteiger charge is -2.34. The maximum Gasteiger partial charge on any atom is 0.414 e. The van der Waals surface area contributed by atoms with Crippen molar-refractivity contribution in [3.8, 4) is 0 Å². The van der Waals surface area contributed by atoms with Crippen molar-refractivity contribution in [1.29, 1.82) is 0 Å². The third-order valence-electron chi connectivity index (χ3n) is 4.24. The lowest BCUT2D eigenvalue weighted by Crippen LogP contribution is -2.45. The Kier molecular flexibility index (Phi) is 7.31. The molecule has 26 heavy (non-hydrogen) atoms. The van der Waals surface area contributed by atoms with Crippen LogP contribution in [-0.2, 0) is 29.7 Å². The summed E-state index contributed by atoms with van der Waals surface area (Å²) in [5, 5.41) is 14.8. The number of hydrogen-bond acceptors (Lipinski definition) is 5. The Morgan fingerprint density at radius 3 is 1.96 bits per heavy atom. The van der Waals surface area contributed by atoms with Crippen LogP contribution in [0.25, 0.3) is 0 Å². The Morgan fingerprint density at radius 2 is 1.50 bits per heavy atom. The van der Waals surface area contributed by atoms with E-state index in [1.54, 1.807) is 0 Å². The summed E-state index contributed by atoms with van der Waals surface area (Å²) in [7, 11) is 2.12. The van der Waals surface area contributed by atoms with E-state index in [2.05, 4.69) is 56.9 Å². The zero-order valence-electron chi connectivity index (χ0n) is 14.8. The summed E-state index contributed by atoms with van der Waals surface area (Å²) in [5.74, 6) is -3.65. The molecule has 3 heterocycles. The highest BCUT2D eigenvalue weighted by Crippen LogP contribution is 2.11. The summed E-state index contributed by atoms with van der Waals surface area (Å²) in [5.41, 5.74) is 2.75. The summed E-state index contributed by atoms with van der Waals surface area (Å²) < 4.78 is 2.21. The Bertz CT molecular complexity index is 697. The first-order valence-corrected chi connectivity index (χ1v) is 8.35. The highest BCUT2D eigenvalue weighted by atomic mass is 16.4. The molecule has 1 aliphatic rings. The van der Waals surface area contributed by atoms with Crippen LogP contribution in [0.5, 0.6) is 0 Å². The Morgan fingerprint density at radius 1 is 0.962 bits per heavy atom. The quantitative estimate of drug-likeness (QED) is 0.781. The molecular formula is C18H24N4O4. The molecule has 2 N–H and O–H groups in total. The van der Waals surface area contributed by atoms with Crippen LogP contribution in [0.4, 0.5) is 0 Å². The number of aromatic nitrogens is 2. The standard InChI is InChI=1S/C16H22N4.C2H2O4/c1-18-8-2-3-16(18)14-20-11-9-19(10-12-20)13-15-4-6-17-7-5-15;3-1(4)2(5)6/h2-8H,9-14H2,1H3;(H,3,4)(H,5,6). The largest absolute Gasteiger partial charge is 0.473 e. The number of nitrogens with zero attached hydrogens (tertiary/aromatic N) is 4. The van der Waals surface area contributed by atoms with Gasteiger partial charge in [-0.15, -0.1) is 0 Å². The van der Waals surface area contributed by atoms with E-state index < -0.39 is 11.9 Å². The molecule has 3 rings (SSSR count). The van der Waals surface area contributed by atoms with Gasteiger partial charge >= 0.3 is 11.9 Å². The van der Waals surface area contributed by atoms with Crippen molar-refractivity contribution in [2.24, 2.45) is 7.05 Å². The van der Waals surface area contributed by atoms with Gasteiger partial charge in [0.15, 0.2) is 0 Å². The fraction of sp³-hybridized carbons (Fsp3) is 0.389. The van der Waals surface area contributed by atoms with Crippen molar-refractivity contribution < 1.29 is 19.8 Å². The fourth-order valence-electron chi connectivity index (χ4n) is 2.74. The number of rotatable bonds is 4. The van der Waals surface area contributed by atoms with Crippen LogP contribution in [-0.4, -0.2) is 67.7 Å². The third kappa shape index (κ3) is 6.30. The van der Waals surface area contributed by atoms with E-state index in [0.717, 1.165) is 39.3 Å². The summed E-state index contributed by atoms with van der Waals surface area (Å²) in [6.07, 6.45) is 5.87. The zero-order valence-corrected chi connectivity index (χ0v) is 14.8. The van der Waals surface area contributed by atoms with Crippen LogP contribution in [0.1, 0.15) is 11.3 Å². The van der Waals surface area contributed by atoms with Crippen LogP contribution in [0, 0.1) is 0 Å². The number of hydrogen-bond donors (Lipinski definition) is 2. The van der Waals surface area contributed by atoms with Crippen molar-refractivity contribution >= 4 is 11.9 Å². The molecule has 2 aromatic rings. The van der Waals surface area contributed by atoms with E-state index >= 15 is 0 Å². The van der Waals surface area contributed by atoms with Crippen LogP contribution >= 0.6 is 0 Å². The van der Waals surface area contributed by atoms with Gasteiger partial charge in [-0.3, -0.25) is 14.8 Å².